The van der Waals surface area contributed by atoms with Crippen LogP contribution in [0.3, 0.4) is 0 Å². The van der Waals surface area contributed by atoms with E-state index in [4.69, 9.17) is 0 Å². The third-order valence-electron chi connectivity index (χ3n) is 3.15. The van der Waals surface area contributed by atoms with Crippen LogP contribution in [0.25, 0.3) is 10.6 Å². The second-order valence-electron chi connectivity index (χ2n) is 4.66. The Bertz CT molecular complexity index is 756. The van der Waals surface area contributed by atoms with Gasteiger partial charge < -0.3 is 5.32 Å². The quantitative estimate of drug-likeness (QED) is 0.764. The molecule has 0 atom stereocenters. The largest absolute Gasteiger partial charge is 0.346 e. The molecule has 1 amide bonds. The summed E-state index contributed by atoms with van der Waals surface area (Å²) < 4.78 is 0. The van der Waals surface area contributed by atoms with Crippen molar-refractivity contribution in [2.45, 2.75) is 20.4 Å². The molecular formula is C15H14N2OS3. The number of hydrogen-bond donors (Lipinski definition) is 1. The standard InChI is InChI=1S/C15H14N2OS3/c1-9-3-6-20-12(9)7-16-14(18)13-10(2)17-15(21-13)11-4-5-19-8-11/h3-6,8H,7H2,1-2H3,(H,16,18). The first kappa shape index (κ1) is 14.4. The molecule has 0 saturated heterocycles. The number of thiazole rings is 1. The van der Waals surface area contributed by atoms with Crippen LogP contribution in [0.15, 0.2) is 28.3 Å². The van der Waals surface area contributed by atoms with Crippen molar-refractivity contribution in [2.75, 3.05) is 0 Å². The predicted molar refractivity (Wildman–Crippen MR) is 90.4 cm³/mol. The molecular weight excluding hydrogens is 320 g/mol. The molecule has 108 valence electrons. The third kappa shape index (κ3) is 3.07. The predicted octanol–water partition coefficient (Wildman–Crippen LogP) is 4.48. The highest BCUT2D eigenvalue weighted by atomic mass is 32.1. The van der Waals surface area contributed by atoms with Gasteiger partial charge in [-0.15, -0.1) is 22.7 Å². The van der Waals surface area contributed by atoms with E-state index in [1.165, 1.54) is 21.8 Å². The molecule has 6 heteroatoms. The van der Waals surface area contributed by atoms with E-state index in [0.29, 0.717) is 11.4 Å². The van der Waals surface area contributed by atoms with Gasteiger partial charge in [0.05, 0.1) is 12.2 Å². The van der Waals surface area contributed by atoms with Crippen molar-refractivity contribution in [1.29, 1.82) is 0 Å². The number of carbonyl (C=O) groups excluding carboxylic acids is 1. The first-order chi connectivity index (χ1) is 10.1. The van der Waals surface area contributed by atoms with E-state index in [2.05, 4.69) is 28.7 Å². The zero-order chi connectivity index (χ0) is 14.8. The van der Waals surface area contributed by atoms with Crippen molar-refractivity contribution in [1.82, 2.24) is 10.3 Å². The second-order valence-corrected chi connectivity index (χ2v) is 7.43. The van der Waals surface area contributed by atoms with Crippen LogP contribution in [0.1, 0.15) is 25.8 Å². The minimum atomic E-state index is -0.0423. The Labute approximate surface area is 135 Å². The smallest absolute Gasteiger partial charge is 0.263 e. The van der Waals surface area contributed by atoms with Gasteiger partial charge >= 0.3 is 0 Å². The summed E-state index contributed by atoms with van der Waals surface area (Å²) in [5.74, 6) is -0.0423. The van der Waals surface area contributed by atoms with Crippen LogP contribution in [0, 0.1) is 13.8 Å². The number of carbonyl (C=O) groups is 1. The molecule has 0 spiro atoms. The van der Waals surface area contributed by atoms with Crippen LogP contribution in [-0.4, -0.2) is 10.9 Å². The minimum absolute atomic E-state index is 0.0423. The number of hydrogen-bond acceptors (Lipinski definition) is 5. The van der Waals surface area contributed by atoms with E-state index in [1.807, 2.05) is 23.8 Å². The van der Waals surface area contributed by atoms with Gasteiger partial charge in [0.15, 0.2) is 0 Å². The van der Waals surface area contributed by atoms with Gasteiger partial charge in [0.2, 0.25) is 0 Å². The number of aryl methyl sites for hydroxylation is 2. The summed E-state index contributed by atoms with van der Waals surface area (Å²) in [7, 11) is 0. The molecule has 3 nitrogen and oxygen atoms in total. The molecule has 21 heavy (non-hydrogen) atoms. The van der Waals surface area contributed by atoms with Crippen LogP contribution in [-0.2, 0) is 6.54 Å². The fraction of sp³-hybridized carbons (Fsp3) is 0.200. The van der Waals surface area contributed by atoms with Crippen molar-refractivity contribution in [3.05, 3.63) is 49.3 Å². The Kier molecular flexibility index (Phi) is 4.19. The molecule has 0 fully saturated rings. The maximum absolute atomic E-state index is 12.3. The zero-order valence-electron chi connectivity index (χ0n) is 11.7. The van der Waals surface area contributed by atoms with Gasteiger partial charge in [0, 0.05) is 15.8 Å². The second kappa shape index (κ2) is 6.09. The first-order valence-electron chi connectivity index (χ1n) is 6.46. The molecule has 1 N–H and O–H groups in total. The Morgan fingerprint density at radius 1 is 1.29 bits per heavy atom. The lowest BCUT2D eigenvalue weighted by Gasteiger charge is -2.03. The molecule has 0 aliphatic rings. The van der Waals surface area contributed by atoms with E-state index in [9.17, 15) is 4.79 Å². The molecule has 0 aromatic carbocycles. The molecule has 3 heterocycles. The Balaban J connectivity index is 1.74. The third-order valence-corrected chi connectivity index (χ3v) is 6.06. The fourth-order valence-corrected chi connectivity index (χ4v) is 4.48. The molecule has 3 aromatic rings. The molecule has 0 radical (unpaired) electrons. The van der Waals surface area contributed by atoms with Gasteiger partial charge in [-0.2, -0.15) is 11.3 Å². The van der Waals surface area contributed by atoms with Crippen molar-refractivity contribution in [3.63, 3.8) is 0 Å². The number of nitrogens with zero attached hydrogens (tertiary/aromatic N) is 1. The van der Waals surface area contributed by atoms with Crippen molar-refractivity contribution in [2.24, 2.45) is 0 Å². The van der Waals surface area contributed by atoms with Gasteiger partial charge in [-0.25, -0.2) is 4.98 Å². The maximum Gasteiger partial charge on any atom is 0.263 e. The lowest BCUT2D eigenvalue weighted by molar-refractivity contribution is 0.0954. The number of amides is 1. The van der Waals surface area contributed by atoms with Gasteiger partial charge in [-0.05, 0) is 42.3 Å². The molecule has 0 aliphatic carbocycles. The van der Waals surface area contributed by atoms with E-state index >= 15 is 0 Å². The molecule has 0 aliphatic heterocycles. The SMILES string of the molecule is Cc1ccsc1CNC(=O)c1sc(-c2ccsc2)nc1C. The van der Waals surface area contributed by atoms with E-state index < -0.39 is 0 Å². The summed E-state index contributed by atoms with van der Waals surface area (Å²) >= 11 is 4.76. The Morgan fingerprint density at radius 2 is 2.14 bits per heavy atom. The van der Waals surface area contributed by atoms with Crippen molar-refractivity contribution in [3.8, 4) is 10.6 Å². The highest BCUT2D eigenvalue weighted by Gasteiger charge is 2.16. The van der Waals surface area contributed by atoms with Crippen molar-refractivity contribution < 1.29 is 4.79 Å². The highest BCUT2D eigenvalue weighted by molar-refractivity contribution is 7.17. The summed E-state index contributed by atoms with van der Waals surface area (Å²) in [6, 6.07) is 4.10. The number of thiophene rings is 2. The van der Waals surface area contributed by atoms with Gasteiger partial charge in [-0.1, -0.05) is 0 Å². The average molecular weight is 334 g/mol. The Morgan fingerprint density at radius 3 is 2.81 bits per heavy atom. The topological polar surface area (TPSA) is 42.0 Å². The van der Waals surface area contributed by atoms with Crippen LogP contribution in [0.4, 0.5) is 0 Å². The summed E-state index contributed by atoms with van der Waals surface area (Å²) in [4.78, 5) is 18.7. The van der Waals surface area contributed by atoms with E-state index in [1.54, 1.807) is 22.7 Å². The van der Waals surface area contributed by atoms with Gasteiger partial charge in [0.25, 0.3) is 5.91 Å². The van der Waals surface area contributed by atoms with Gasteiger partial charge in [0.1, 0.15) is 9.88 Å². The lowest BCUT2D eigenvalue weighted by atomic mass is 10.3. The van der Waals surface area contributed by atoms with Crippen LogP contribution >= 0.6 is 34.0 Å². The van der Waals surface area contributed by atoms with Crippen LogP contribution in [0.5, 0.6) is 0 Å². The number of rotatable bonds is 4. The Hall–Kier alpha value is -1.50. The lowest BCUT2D eigenvalue weighted by Crippen LogP contribution is -2.22. The molecule has 3 aromatic heterocycles. The minimum Gasteiger partial charge on any atom is -0.346 e. The first-order valence-corrected chi connectivity index (χ1v) is 9.10. The number of nitrogens with one attached hydrogen (secondary N) is 1. The molecule has 0 bridgehead atoms. The summed E-state index contributed by atoms with van der Waals surface area (Å²) in [5, 5.41) is 10.0. The average Bonchev–Trinajstić information content (AvgIpc) is 3.16. The van der Waals surface area contributed by atoms with Gasteiger partial charge in [-0.3, -0.25) is 4.79 Å². The maximum atomic E-state index is 12.3. The summed E-state index contributed by atoms with van der Waals surface area (Å²) in [5.41, 5.74) is 3.10. The fourth-order valence-electron chi connectivity index (χ4n) is 1.94. The van der Waals surface area contributed by atoms with Crippen molar-refractivity contribution >= 4 is 39.9 Å². The number of aromatic nitrogens is 1. The normalized spacial score (nSPS) is 10.8. The summed E-state index contributed by atoms with van der Waals surface area (Å²) in [6.07, 6.45) is 0. The van der Waals surface area contributed by atoms with Crippen LogP contribution < -0.4 is 5.32 Å². The van der Waals surface area contributed by atoms with E-state index in [-0.39, 0.29) is 5.91 Å². The molecule has 0 saturated carbocycles. The summed E-state index contributed by atoms with van der Waals surface area (Å²) in [6.45, 7) is 4.52. The van der Waals surface area contributed by atoms with Crippen LogP contribution in [0.2, 0.25) is 0 Å². The highest BCUT2D eigenvalue weighted by Crippen LogP contribution is 2.29. The zero-order valence-corrected chi connectivity index (χ0v) is 14.1. The van der Waals surface area contributed by atoms with E-state index in [0.717, 1.165) is 16.3 Å². The molecule has 3 rings (SSSR count). The monoisotopic (exact) mass is 334 g/mol. The molecule has 0 unspecified atom stereocenters.